The Bertz CT molecular complexity index is 1100. The van der Waals surface area contributed by atoms with E-state index in [1.54, 1.807) is 6.20 Å². The van der Waals surface area contributed by atoms with Gasteiger partial charge in [0.1, 0.15) is 0 Å². The fraction of sp³-hybridized carbons (Fsp3) is 0.429. The predicted octanol–water partition coefficient (Wildman–Crippen LogP) is 6.74. The summed E-state index contributed by atoms with van der Waals surface area (Å²) in [5.74, 6) is 2.66. The molecule has 1 N–H and O–H groups in total. The van der Waals surface area contributed by atoms with Crippen LogP contribution in [0.2, 0.25) is 0 Å². The van der Waals surface area contributed by atoms with Gasteiger partial charge in [-0.2, -0.15) is 0 Å². The van der Waals surface area contributed by atoms with Crippen LogP contribution in [0.4, 0.5) is 5.69 Å². The van der Waals surface area contributed by atoms with Gasteiger partial charge in [0, 0.05) is 10.9 Å². The monoisotopic (exact) mass is 410 g/mol. The second-order valence-electron chi connectivity index (χ2n) is 10.3. The zero-order chi connectivity index (χ0) is 20.8. The number of carbonyl (C=O) groups is 1. The molecule has 2 atom stereocenters. The number of hydrogen-bond donors (Lipinski definition) is 1. The quantitative estimate of drug-likeness (QED) is 0.520. The number of amides is 1. The zero-order valence-electron chi connectivity index (χ0n) is 18.0. The second-order valence-corrected chi connectivity index (χ2v) is 10.3. The average Bonchev–Trinajstić information content (AvgIpc) is 2.77. The van der Waals surface area contributed by atoms with E-state index in [0.717, 1.165) is 39.9 Å². The minimum atomic E-state index is -0.0665. The first-order valence-electron chi connectivity index (χ1n) is 11.9. The molecule has 4 fully saturated rings. The van der Waals surface area contributed by atoms with Crippen molar-refractivity contribution in [2.45, 2.75) is 56.8 Å². The lowest BCUT2D eigenvalue weighted by Gasteiger charge is -2.53. The van der Waals surface area contributed by atoms with Gasteiger partial charge in [-0.15, -0.1) is 0 Å². The second kappa shape index (κ2) is 7.47. The SMILES string of the molecule is O=C(Nc1cnc2ccccc2c1)c1ccc(C23CC4CCCC(CC(C4)C2)C3)cc1. The van der Waals surface area contributed by atoms with Crippen LogP contribution in [0.5, 0.6) is 0 Å². The van der Waals surface area contributed by atoms with Crippen molar-refractivity contribution >= 4 is 22.5 Å². The molecule has 0 saturated heterocycles. The number of para-hydroxylation sites is 1. The van der Waals surface area contributed by atoms with Crippen LogP contribution in [0, 0.1) is 17.8 Å². The Morgan fingerprint density at radius 1 is 0.903 bits per heavy atom. The third-order valence-corrected chi connectivity index (χ3v) is 8.20. The summed E-state index contributed by atoms with van der Waals surface area (Å²) in [5, 5.41) is 4.05. The molecule has 1 amide bonds. The molecule has 158 valence electrons. The van der Waals surface area contributed by atoms with E-state index in [-0.39, 0.29) is 5.91 Å². The molecule has 0 aliphatic heterocycles. The first kappa shape index (κ1) is 19.0. The summed E-state index contributed by atoms with van der Waals surface area (Å²) < 4.78 is 0. The van der Waals surface area contributed by atoms with Crippen molar-refractivity contribution in [1.29, 1.82) is 0 Å². The average molecular weight is 411 g/mol. The lowest BCUT2D eigenvalue weighted by atomic mass is 9.52. The van der Waals surface area contributed by atoms with Gasteiger partial charge in [-0.05, 0) is 85.1 Å². The molecule has 2 aromatic carbocycles. The Morgan fingerprint density at radius 2 is 1.61 bits per heavy atom. The Kier molecular flexibility index (Phi) is 4.59. The largest absolute Gasteiger partial charge is 0.321 e. The van der Waals surface area contributed by atoms with Crippen LogP contribution in [0.15, 0.2) is 60.8 Å². The third kappa shape index (κ3) is 3.54. The molecule has 3 heteroatoms. The molecular formula is C28H30N2O. The van der Waals surface area contributed by atoms with Gasteiger partial charge in [-0.3, -0.25) is 9.78 Å². The molecule has 1 heterocycles. The number of pyridine rings is 1. The van der Waals surface area contributed by atoms with Crippen molar-refractivity contribution in [3.05, 3.63) is 71.9 Å². The Labute approximate surface area is 184 Å². The van der Waals surface area contributed by atoms with Crippen molar-refractivity contribution < 1.29 is 4.79 Å². The number of rotatable bonds is 3. The van der Waals surface area contributed by atoms with E-state index < -0.39 is 0 Å². The molecule has 4 saturated carbocycles. The minimum absolute atomic E-state index is 0.0665. The summed E-state index contributed by atoms with van der Waals surface area (Å²) in [5.41, 5.74) is 4.22. The lowest BCUT2D eigenvalue weighted by molar-refractivity contribution is 0.0398. The Balaban J connectivity index is 1.22. The van der Waals surface area contributed by atoms with Crippen LogP contribution >= 0.6 is 0 Å². The van der Waals surface area contributed by atoms with Crippen LogP contribution in [-0.4, -0.2) is 10.9 Å². The van der Waals surface area contributed by atoms with Gasteiger partial charge in [-0.25, -0.2) is 0 Å². The van der Waals surface area contributed by atoms with Gasteiger partial charge in [0.05, 0.1) is 17.4 Å². The van der Waals surface area contributed by atoms with Crippen LogP contribution in [0.3, 0.4) is 0 Å². The summed E-state index contributed by atoms with van der Waals surface area (Å²) in [7, 11) is 0. The maximum atomic E-state index is 12.9. The number of nitrogens with zero attached hydrogens (tertiary/aromatic N) is 1. The Morgan fingerprint density at radius 3 is 2.39 bits per heavy atom. The standard InChI is InChI=1S/C28H30N2O/c31-27(30-25-14-23-6-1-2-7-26(23)29-18-25)22-8-10-24(11-9-22)28-15-19-4-3-5-20(16-28)13-21(12-19)17-28/h1-2,6-11,14,18-21H,3-5,12-13,15-17H2,(H,30,31). The van der Waals surface area contributed by atoms with Crippen molar-refractivity contribution in [3.63, 3.8) is 0 Å². The summed E-state index contributed by atoms with van der Waals surface area (Å²) in [6, 6.07) is 18.5. The fourth-order valence-corrected chi connectivity index (χ4v) is 7.09. The van der Waals surface area contributed by atoms with E-state index in [2.05, 4.69) is 22.4 Å². The molecule has 31 heavy (non-hydrogen) atoms. The van der Waals surface area contributed by atoms with E-state index >= 15 is 0 Å². The van der Waals surface area contributed by atoms with E-state index in [1.165, 1.54) is 56.9 Å². The highest BCUT2D eigenvalue weighted by Crippen LogP contribution is 2.57. The summed E-state index contributed by atoms with van der Waals surface area (Å²) in [6.07, 6.45) is 13.0. The number of hydrogen-bond acceptors (Lipinski definition) is 2. The van der Waals surface area contributed by atoms with E-state index in [0.29, 0.717) is 5.41 Å². The van der Waals surface area contributed by atoms with Crippen LogP contribution < -0.4 is 5.32 Å². The predicted molar refractivity (Wildman–Crippen MR) is 125 cm³/mol. The molecule has 2 unspecified atom stereocenters. The van der Waals surface area contributed by atoms with Crippen molar-refractivity contribution in [2.75, 3.05) is 5.32 Å². The van der Waals surface area contributed by atoms with Gasteiger partial charge in [0.25, 0.3) is 5.91 Å². The highest BCUT2D eigenvalue weighted by Gasteiger charge is 2.47. The minimum Gasteiger partial charge on any atom is -0.321 e. The van der Waals surface area contributed by atoms with Gasteiger partial charge in [0.15, 0.2) is 0 Å². The summed E-state index contributed by atoms with van der Waals surface area (Å²) in [4.78, 5) is 17.3. The molecule has 1 aromatic heterocycles. The number of nitrogens with one attached hydrogen (secondary N) is 1. The first-order valence-corrected chi connectivity index (χ1v) is 11.9. The molecule has 4 bridgehead atoms. The Hall–Kier alpha value is -2.68. The fourth-order valence-electron chi connectivity index (χ4n) is 7.09. The summed E-state index contributed by atoms with van der Waals surface area (Å²) >= 11 is 0. The van der Waals surface area contributed by atoms with Gasteiger partial charge < -0.3 is 5.32 Å². The molecule has 7 rings (SSSR count). The number of aromatic nitrogens is 1. The number of fused-ring (bicyclic) bond motifs is 3. The van der Waals surface area contributed by atoms with E-state index in [1.807, 2.05) is 42.5 Å². The van der Waals surface area contributed by atoms with Crippen LogP contribution in [0.1, 0.15) is 67.3 Å². The van der Waals surface area contributed by atoms with Crippen LogP contribution in [0.25, 0.3) is 10.9 Å². The molecule has 4 aliphatic rings. The molecule has 3 aromatic rings. The number of carbonyl (C=O) groups excluding carboxylic acids is 1. The molecule has 0 radical (unpaired) electrons. The number of benzene rings is 2. The van der Waals surface area contributed by atoms with Crippen molar-refractivity contribution in [3.8, 4) is 0 Å². The maximum Gasteiger partial charge on any atom is 0.255 e. The molecule has 0 spiro atoms. The molecule has 4 aliphatic carbocycles. The van der Waals surface area contributed by atoms with Crippen molar-refractivity contribution in [1.82, 2.24) is 4.98 Å². The van der Waals surface area contributed by atoms with Crippen LogP contribution in [-0.2, 0) is 5.41 Å². The van der Waals surface area contributed by atoms with Crippen molar-refractivity contribution in [2.24, 2.45) is 17.8 Å². The molecule has 3 nitrogen and oxygen atoms in total. The van der Waals surface area contributed by atoms with Gasteiger partial charge in [-0.1, -0.05) is 49.6 Å². The number of anilines is 1. The highest BCUT2D eigenvalue weighted by atomic mass is 16.1. The van der Waals surface area contributed by atoms with Gasteiger partial charge >= 0.3 is 0 Å². The zero-order valence-corrected chi connectivity index (χ0v) is 18.0. The smallest absolute Gasteiger partial charge is 0.255 e. The molecular weight excluding hydrogens is 380 g/mol. The first-order chi connectivity index (χ1) is 15.2. The van der Waals surface area contributed by atoms with Gasteiger partial charge in [0.2, 0.25) is 0 Å². The topological polar surface area (TPSA) is 42.0 Å². The maximum absolute atomic E-state index is 12.9. The normalized spacial score (nSPS) is 29.5. The summed E-state index contributed by atoms with van der Waals surface area (Å²) in [6.45, 7) is 0. The lowest BCUT2D eigenvalue weighted by Crippen LogP contribution is -2.44. The van der Waals surface area contributed by atoms with E-state index in [9.17, 15) is 4.79 Å². The third-order valence-electron chi connectivity index (χ3n) is 8.20. The van der Waals surface area contributed by atoms with E-state index in [4.69, 9.17) is 0 Å². The highest BCUT2D eigenvalue weighted by molar-refractivity contribution is 6.04.